The van der Waals surface area contributed by atoms with Crippen LogP contribution < -0.4 is 0 Å². The average Bonchev–Trinajstić information content (AvgIpc) is 2.37. The molecular formula is C13H14Cl2N2O. The third-order valence-corrected chi connectivity index (χ3v) is 3.11. The van der Waals surface area contributed by atoms with Gasteiger partial charge in [0.05, 0.1) is 22.6 Å². The monoisotopic (exact) mass is 284 g/mol. The summed E-state index contributed by atoms with van der Waals surface area (Å²) in [4.78, 5) is 13.9. The van der Waals surface area contributed by atoms with Crippen molar-refractivity contribution in [1.82, 2.24) is 4.90 Å². The zero-order chi connectivity index (χ0) is 13.7. The van der Waals surface area contributed by atoms with E-state index in [4.69, 9.17) is 28.5 Å². The highest BCUT2D eigenvalue weighted by Gasteiger charge is 2.19. The molecule has 0 N–H and O–H groups in total. The van der Waals surface area contributed by atoms with E-state index < -0.39 is 0 Å². The van der Waals surface area contributed by atoms with Crippen LogP contribution in [0.25, 0.3) is 0 Å². The van der Waals surface area contributed by atoms with Crippen molar-refractivity contribution in [2.75, 3.05) is 13.1 Å². The van der Waals surface area contributed by atoms with Crippen LogP contribution in [0, 0.1) is 17.2 Å². The summed E-state index contributed by atoms with van der Waals surface area (Å²) >= 11 is 11.9. The first kappa shape index (κ1) is 14.8. The lowest BCUT2D eigenvalue weighted by molar-refractivity contribution is 0.0753. The van der Waals surface area contributed by atoms with E-state index in [0.29, 0.717) is 28.7 Å². The molecule has 0 saturated carbocycles. The molecule has 96 valence electrons. The topological polar surface area (TPSA) is 44.1 Å². The van der Waals surface area contributed by atoms with Gasteiger partial charge in [0, 0.05) is 18.1 Å². The van der Waals surface area contributed by atoms with E-state index in [1.165, 1.54) is 0 Å². The highest BCUT2D eigenvalue weighted by molar-refractivity contribution is 6.35. The Labute approximate surface area is 117 Å². The van der Waals surface area contributed by atoms with Gasteiger partial charge in [0.2, 0.25) is 0 Å². The van der Waals surface area contributed by atoms with Gasteiger partial charge >= 0.3 is 0 Å². The molecular weight excluding hydrogens is 271 g/mol. The summed E-state index contributed by atoms with van der Waals surface area (Å²) in [5.74, 6) is -0.418. The number of benzene rings is 1. The zero-order valence-corrected chi connectivity index (χ0v) is 11.8. The number of rotatable bonds is 4. The molecule has 5 heteroatoms. The first-order chi connectivity index (χ1) is 8.49. The maximum atomic E-state index is 12.3. The molecule has 1 aromatic rings. The molecule has 0 spiro atoms. The fourth-order valence-corrected chi connectivity index (χ4v) is 1.93. The van der Waals surface area contributed by atoms with Crippen LogP contribution in [0.2, 0.25) is 10.0 Å². The summed E-state index contributed by atoms with van der Waals surface area (Å²) < 4.78 is 0. The fraction of sp³-hybridized carbons (Fsp3) is 0.385. The van der Waals surface area contributed by atoms with E-state index in [1.54, 1.807) is 30.0 Å². The van der Waals surface area contributed by atoms with Gasteiger partial charge in [-0.2, -0.15) is 5.26 Å². The van der Waals surface area contributed by atoms with Gasteiger partial charge in [-0.15, -0.1) is 0 Å². The highest BCUT2D eigenvalue weighted by Crippen LogP contribution is 2.22. The van der Waals surface area contributed by atoms with Crippen molar-refractivity contribution < 1.29 is 4.79 Å². The van der Waals surface area contributed by atoms with Crippen LogP contribution in [-0.4, -0.2) is 23.9 Å². The van der Waals surface area contributed by atoms with Crippen molar-refractivity contribution in [1.29, 1.82) is 5.26 Å². The van der Waals surface area contributed by atoms with Crippen LogP contribution in [0.1, 0.15) is 24.2 Å². The molecule has 0 saturated heterocycles. The highest BCUT2D eigenvalue weighted by atomic mass is 35.5. The van der Waals surface area contributed by atoms with E-state index in [0.717, 1.165) is 0 Å². The van der Waals surface area contributed by atoms with Crippen molar-refractivity contribution in [2.45, 2.75) is 13.8 Å². The number of carbonyl (C=O) groups excluding carboxylic acids is 1. The Morgan fingerprint density at radius 2 is 2.17 bits per heavy atom. The Bertz CT molecular complexity index is 482. The Hall–Kier alpha value is -1.24. The van der Waals surface area contributed by atoms with E-state index >= 15 is 0 Å². The van der Waals surface area contributed by atoms with Crippen LogP contribution in [0.4, 0.5) is 0 Å². The maximum absolute atomic E-state index is 12.3. The molecule has 1 unspecified atom stereocenters. The van der Waals surface area contributed by atoms with Gasteiger partial charge in [-0.3, -0.25) is 4.79 Å². The van der Waals surface area contributed by atoms with Crippen molar-refractivity contribution in [3.8, 4) is 6.07 Å². The van der Waals surface area contributed by atoms with Crippen molar-refractivity contribution in [3.63, 3.8) is 0 Å². The number of nitriles is 1. The number of nitrogens with zero attached hydrogens (tertiary/aromatic N) is 2. The summed E-state index contributed by atoms with van der Waals surface area (Å²) in [7, 11) is 0. The minimum absolute atomic E-state index is 0.202. The molecule has 18 heavy (non-hydrogen) atoms. The molecule has 0 bridgehead atoms. The summed E-state index contributed by atoms with van der Waals surface area (Å²) in [6, 6.07) is 6.89. The SMILES string of the molecule is CCN(CC(C)C#N)C(=O)c1cc(Cl)ccc1Cl. The van der Waals surface area contributed by atoms with Crippen molar-refractivity contribution in [3.05, 3.63) is 33.8 Å². The van der Waals surface area contributed by atoms with Gasteiger partial charge in [0.15, 0.2) is 0 Å². The number of hydrogen-bond donors (Lipinski definition) is 0. The molecule has 1 rings (SSSR count). The predicted octanol–water partition coefficient (Wildman–Crippen LogP) is 3.62. The Morgan fingerprint density at radius 3 is 2.72 bits per heavy atom. The van der Waals surface area contributed by atoms with Gasteiger partial charge in [0.1, 0.15) is 0 Å². The number of hydrogen-bond acceptors (Lipinski definition) is 2. The molecule has 0 radical (unpaired) electrons. The number of amides is 1. The van der Waals surface area contributed by atoms with Crippen LogP contribution >= 0.6 is 23.2 Å². The summed E-state index contributed by atoms with van der Waals surface area (Å²) in [5, 5.41) is 9.63. The smallest absolute Gasteiger partial charge is 0.255 e. The molecule has 0 aromatic heterocycles. The summed E-state index contributed by atoms with van der Waals surface area (Å²) in [6.45, 7) is 4.54. The van der Waals surface area contributed by atoms with E-state index in [2.05, 4.69) is 6.07 Å². The van der Waals surface area contributed by atoms with E-state index in [-0.39, 0.29) is 11.8 Å². The Balaban J connectivity index is 2.97. The Morgan fingerprint density at radius 1 is 1.50 bits per heavy atom. The largest absolute Gasteiger partial charge is 0.338 e. The zero-order valence-electron chi connectivity index (χ0n) is 10.3. The average molecular weight is 285 g/mol. The minimum atomic E-state index is -0.216. The third-order valence-electron chi connectivity index (χ3n) is 2.54. The van der Waals surface area contributed by atoms with Crippen LogP contribution in [0.3, 0.4) is 0 Å². The second-order valence-corrected chi connectivity index (χ2v) is 4.84. The Kier molecular flexibility index (Phi) is 5.46. The van der Waals surface area contributed by atoms with Gasteiger partial charge in [0.25, 0.3) is 5.91 Å². The van der Waals surface area contributed by atoms with Gasteiger partial charge in [-0.05, 0) is 32.0 Å². The fourth-order valence-electron chi connectivity index (χ4n) is 1.56. The lowest BCUT2D eigenvalue weighted by Gasteiger charge is -2.22. The molecule has 0 aliphatic heterocycles. The number of carbonyl (C=O) groups is 1. The second kappa shape index (κ2) is 6.63. The first-order valence-corrected chi connectivity index (χ1v) is 6.39. The van der Waals surface area contributed by atoms with Gasteiger partial charge in [-0.1, -0.05) is 23.2 Å². The summed E-state index contributed by atoms with van der Waals surface area (Å²) in [5.41, 5.74) is 0.371. The molecule has 1 atom stereocenters. The summed E-state index contributed by atoms with van der Waals surface area (Å²) in [6.07, 6.45) is 0. The van der Waals surface area contributed by atoms with E-state index in [9.17, 15) is 4.79 Å². The standard InChI is InChI=1S/C13H14Cl2N2O/c1-3-17(8-9(2)7-16)13(18)11-6-10(14)4-5-12(11)15/h4-6,9H,3,8H2,1-2H3. The van der Waals surface area contributed by atoms with E-state index in [1.807, 2.05) is 6.92 Å². The second-order valence-electron chi connectivity index (χ2n) is 4.00. The van der Waals surface area contributed by atoms with Gasteiger partial charge < -0.3 is 4.90 Å². The van der Waals surface area contributed by atoms with Gasteiger partial charge in [-0.25, -0.2) is 0 Å². The lowest BCUT2D eigenvalue weighted by atomic mass is 10.1. The van der Waals surface area contributed by atoms with Crippen LogP contribution in [-0.2, 0) is 0 Å². The third kappa shape index (κ3) is 3.63. The molecule has 1 amide bonds. The van der Waals surface area contributed by atoms with Crippen molar-refractivity contribution in [2.24, 2.45) is 5.92 Å². The molecule has 0 fully saturated rings. The minimum Gasteiger partial charge on any atom is -0.338 e. The van der Waals surface area contributed by atoms with Crippen molar-refractivity contribution >= 4 is 29.1 Å². The normalized spacial score (nSPS) is 11.7. The predicted molar refractivity (Wildman–Crippen MR) is 72.8 cm³/mol. The lowest BCUT2D eigenvalue weighted by Crippen LogP contribution is -2.34. The maximum Gasteiger partial charge on any atom is 0.255 e. The van der Waals surface area contributed by atoms with Crippen LogP contribution in [0.15, 0.2) is 18.2 Å². The molecule has 0 aliphatic rings. The van der Waals surface area contributed by atoms with Crippen LogP contribution in [0.5, 0.6) is 0 Å². The first-order valence-electron chi connectivity index (χ1n) is 5.63. The molecule has 0 aliphatic carbocycles. The number of halogens is 2. The molecule has 3 nitrogen and oxygen atoms in total. The quantitative estimate of drug-likeness (QED) is 0.848. The molecule has 0 heterocycles. The molecule has 1 aromatic carbocycles.